The van der Waals surface area contributed by atoms with Gasteiger partial charge in [-0.25, -0.2) is 9.97 Å². The lowest BCUT2D eigenvalue weighted by Gasteiger charge is -2.18. The van der Waals surface area contributed by atoms with Gasteiger partial charge in [-0.1, -0.05) is 32.9 Å². The summed E-state index contributed by atoms with van der Waals surface area (Å²) >= 11 is 0. The van der Waals surface area contributed by atoms with Crippen LogP contribution in [0.1, 0.15) is 26.3 Å². The van der Waals surface area contributed by atoms with Gasteiger partial charge in [0.05, 0.1) is 17.4 Å². The van der Waals surface area contributed by atoms with Crippen LogP contribution < -0.4 is 0 Å². The Bertz CT molecular complexity index is 988. The third-order valence-corrected chi connectivity index (χ3v) is 4.32. The third-order valence-electron chi connectivity index (χ3n) is 4.32. The molecule has 4 rings (SSSR count). The smallest absolute Gasteiger partial charge is 0.100 e. The van der Waals surface area contributed by atoms with E-state index in [4.69, 9.17) is 0 Å². The van der Waals surface area contributed by atoms with Gasteiger partial charge in [0, 0.05) is 23.8 Å². The van der Waals surface area contributed by atoms with E-state index in [9.17, 15) is 0 Å². The summed E-state index contributed by atoms with van der Waals surface area (Å²) in [7, 11) is 0. The number of nitrogens with zero attached hydrogens (tertiary/aromatic N) is 4. The van der Waals surface area contributed by atoms with Crippen molar-refractivity contribution in [2.45, 2.75) is 26.2 Å². The number of aromatic nitrogens is 4. The Morgan fingerprint density at radius 3 is 2.50 bits per heavy atom. The first-order chi connectivity index (χ1) is 11.5. The van der Waals surface area contributed by atoms with Crippen LogP contribution in [-0.4, -0.2) is 19.1 Å². The summed E-state index contributed by atoms with van der Waals surface area (Å²) in [6, 6.07) is 14.9. The van der Waals surface area contributed by atoms with Gasteiger partial charge in [0.15, 0.2) is 0 Å². The van der Waals surface area contributed by atoms with Gasteiger partial charge in [-0.15, -0.1) is 0 Å². The molecule has 2 heterocycles. The van der Waals surface area contributed by atoms with Crippen LogP contribution in [0.5, 0.6) is 0 Å². The number of rotatable bonds is 2. The molecular weight excluding hydrogens is 296 g/mol. The average molecular weight is 316 g/mol. The number of benzene rings is 2. The lowest BCUT2D eigenvalue weighted by atomic mass is 9.87. The minimum atomic E-state index is 0.124. The minimum absolute atomic E-state index is 0.124. The molecule has 2 aromatic heterocycles. The Balaban J connectivity index is 1.81. The van der Waals surface area contributed by atoms with Crippen LogP contribution in [-0.2, 0) is 5.41 Å². The molecule has 0 aliphatic heterocycles. The molecule has 120 valence electrons. The molecule has 0 bridgehead atoms. The third kappa shape index (κ3) is 2.50. The monoisotopic (exact) mass is 316 g/mol. The van der Waals surface area contributed by atoms with E-state index in [1.807, 2.05) is 17.1 Å². The highest BCUT2D eigenvalue weighted by molar-refractivity contribution is 5.78. The average Bonchev–Trinajstić information content (AvgIpc) is 3.23. The Morgan fingerprint density at radius 1 is 0.917 bits per heavy atom. The molecular formula is C20H20N4. The molecule has 0 unspecified atom stereocenters. The topological polar surface area (TPSA) is 35.6 Å². The van der Waals surface area contributed by atoms with Crippen molar-refractivity contribution < 1.29 is 0 Å². The molecule has 0 saturated carbocycles. The van der Waals surface area contributed by atoms with Crippen LogP contribution in [0.2, 0.25) is 0 Å². The Kier molecular flexibility index (Phi) is 3.27. The predicted molar refractivity (Wildman–Crippen MR) is 96.9 cm³/mol. The highest BCUT2D eigenvalue weighted by Crippen LogP contribution is 2.27. The van der Waals surface area contributed by atoms with E-state index >= 15 is 0 Å². The lowest BCUT2D eigenvalue weighted by Crippen LogP contribution is -2.10. The summed E-state index contributed by atoms with van der Waals surface area (Å²) < 4.78 is 4.13. The molecule has 24 heavy (non-hydrogen) atoms. The molecule has 4 heteroatoms. The van der Waals surface area contributed by atoms with Crippen LogP contribution in [0.4, 0.5) is 0 Å². The predicted octanol–water partition coefficient (Wildman–Crippen LogP) is 4.51. The molecule has 0 atom stereocenters. The summed E-state index contributed by atoms with van der Waals surface area (Å²) in [6.45, 7) is 6.67. The minimum Gasteiger partial charge on any atom is -0.306 e. The maximum absolute atomic E-state index is 4.61. The van der Waals surface area contributed by atoms with E-state index in [1.54, 1.807) is 12.5 Å². The highest BCUT2D eigenvalue weighted by atomic mass is 15.1. The zero-order chi connectivity index (χ0) is 16.7. The molecule has 0 amide bonds. The van der Waals surface area contributed by atoms with Crippen molar-refractivity contribution in [2.24, 2.45) is 0 Å². The molecule has 0 fully saturated rings. The maximum Gasteiger partial charge on any atom is 0.100 e. The van der Waals surface area contributed by atoms with Crippen molar-refractivity contribution >= 4 is 11.0 Å². The van der Waals surface area contributed by atoms with Gasteiger partial charge < -0.3 is 4.57 Å². The van der Waals surface area contributed by atoms with Crippen LogP contribution >= 0.6 is 0 Å². The van der Waals surface area contributed by atoms with Crippen molar-refractivity contribution in [2.75, 3.05) is 0 Å². The Hall–Kier alpha value is -2.88. The van der Waals surface area contributed by atoms with Crippen molar-refractivity contribution in [3.8, 4) is 11.4 Å². The molecule has 4 aromatic rings. The molecule has 0 radical (unpaired) electrons. The van der Waals surface area contributed by atoms with Crippen LogP contribution in [0.25, 0.3) is 22.4 Å². The second kappa shape index (κ2) is 5.34. The fraction of sp³-hybridized carbons (Fsp3) is 0.200. The SMILES string of the molecule is CC(C)(C)c1ccc2c(c1)ncn2-c1cccc(-n2ccnc2)c1. The zero-order valence-electron chi connectivity index (χ0n) is 14.1. The van der Waals surface area contributed by atoms with Gasteiger partial charge in [0.2, 0.25) is 0 Å². The van der Waals surface area contributed by atoms with E-state index < -0.39 is 0 Å². The van der Waals surface area contributed by atoms with Crippen LogP contribution in [0.15, 0.2) is 67.5 Å². The molecule has 0 N–H and O–H groups in total. The summed E-state index contributed by atoms with van der Waals surface area (Å²) in [5, 5.41) is 0. The molecule has 0 aliphatic rings. The quantitative estimate of drug-likeness (QED) is 0.545. The molecule has 0 saturated heterocycles. The molecule has 0 spiro atoms. The van der Waals surface area contributed by atoms with Gasteiger partial charge in [0.1, 0.15) is 6.33 Å². The van der Waals surface area contributed by atoms with Crippen molar-refractivity contribution in [1.29, 1.82) is 0 Å². The molecule has 4 nitrogen and oxygen atoms in total. The van der Waals surface area contributed by atoms with E-state index in [2.05, 4.69) is 77.8 Å². The fourth-order valence-electron chi connectivity index (χ4n) is 2.90. The highest BCUT2D eigenvalue weighted by Gasteiger charge is 2.15. The number of fused-ring (bicyclic) bond motifs is 1. The number of hydrogen-bond acceptors (Lipinski definition) is 2. The molecule has 2 aromatic carbocycles. The van der Waals surface area contributed by atoms with Gasteiger partial charge in [0.25, 0.3) is 0 Å². The molecule has 0 aliphatic carbocycles. The van der Waals surface area contributed by atoms with E-state index in [-0.39, 0.29) is 5.41 Å². The van der Waals surface area contributed by atoms with Gasteiger partial charge >= 0.3 is 0 Å². The van der Waals surface area contributed by atoms with Crippen LogP contribution in [0, 0.1) is 0 Å². The first kappa shape index (κ1) is 14.7. The zero-order valence-corrected chi connectivity index (χ0v) is 14.1. The van der Waals surface area contributed by atoms with Gasteiger partial charge in [-0.3, -0.25) is 4.57 Å². The fourth-order valence-corrected chi connectivity index (χ4v) is 2.90. The summed E-state index contributed by atoms with van der Waals surface area (Å²) in [4.78, 5) is 8.72. The Morgan fingerprint density at radius 2 is 1.75 bits per heavy atom. The van der Waals surface area contributed by atoms with Gasteiger partial charge in [-0.05, 0) is 41.3 Å². The normalized spacial score (nSPS) is 12.0. The second-order valence-electron chi connectivity index (χ2n) is 7.06. The second-order valence-corrected chi connectivity index (χ2v) is 7.06. The first-order valence-electron chi connectivity index (χ1n) is 8.09. The number of imidazole rings is 2. The van der Waals surface area contributed by atoms with E-state index in [0.29, 0.717) is 0 Å². The van der Waals surface area contributed by atoms with Crippen molar-refractivity contribution in [3.05, 3.63) is 73.1 Å². The summed E-state index contributed by atoms with van der Waals surface area (Å²) in [5.74, 6) is 0. The van der Waals surface area contributed by atoms with Crippen LogP contribution in [0.3, 0.4) is 0 Å². The van der Waals surface area contributed by atoms with E-state index in [0.717, 1.165) is 22.4 Å². The first-order valence-corrected chi connectivity index (χ1v) is 8.09. The summed E-state index contributed by atoms with van der Waals surface area (Å²) in [5.41, 5.74) is 5.73. The summed E-state index contributed by atoms with van der Waals surface area (Å²) in [6.07, 6.45) is 7.43. The van der Waals surface area contributed by atoms with Gasteiger partial charge in [-0.2, -0.15) is 0 Å². The standard InChI is InChI=1S/C20H20N4/c1-20(2,3)15-7-8-19-18(11-15)22-14-24(19)17-6-4-5-16(12-17)23-10-9-21-13-23/h4-14H,1-3H3. The largest absolute Gasteiger partial charge is 0.306 e. The van der Waals surface area contributed by atoms with E-state index in [1.165, 1.54) is 5.56 Å². The lowest BCUT2D eigenvalue weighted by molar-refractivity contribution is 0.591. The maximum atomic E-state index is 4.61. The van der Waals surface area contributed by atoms with Crippen molar-refractivity contribution in [3.63, 3.8) is 0 Å². The Labute approximate surface area is 141 Å². The number of hydrogen-bond donors (Lipinski definition) is 0. The van der Waals surface area contributed by atoms with Crippen molar-refractivity contribution in [1.82, 2.24) is 19.1 Å².